The molecule has 0 unspecified atom stereocenters. The Kier molecular flexibility index (Phi) is 4.88. The summed E-state index contributed by atoms with van der Waals surface area (Å²) >= 11 is 0. The topological polar surface area (TPSA) is 114 Å². The Morgan fingerprint density at radius 3 is 2.54 bits per heavy atom. The van der Waals surface area contributed by atoms with Crippen LogP contribution in [0.25, 0.3) is 0 Å². The van der Waals surface area contributed by atoms with Crippen LogP contribution in [-0.4, -0.2) is 59.7 Å². The molecule has 2 aromatic rings. The number of aromatic nitrogens is 2. The van der Waals surface area contributed by atoms with Gasteiger partial charge in [-0.1, -0.05) is 12.1 Å². The Labute approximate surface area is 151 Å². The van der Waals surface area contributed by atoms with Gasteiger partial charge in [0, 0.05) is 32.3 Å². The highest BCUT2D eigenvalue weighted by Gasteiger charge is 2.41. The molecule has 0 bridgehead atoms. The van der Waals surface area contributed by atoms with Crippen LogP contribution in [-0.2, 0) is 17.1 Å². The lowest BCUT2D eigenvalue weighted by molar-refractivity contribution is 0.189. The van der Waals surface area contributed by atoms with Crippen molar-refractivity contribution in [3.05, 3.63) is 42.4 Å². The summed E-state index contributed by atoms with van der Waals surface area (Å²) in [6.07, 6.45) is 1.65. The predicted molar refractivity (Wildman–Crippen MR) is 92.7 cm³/mol. The van der Waals surface area contributed by atoms with Gasteiger partial charge in [0.25, 0.3) is 10.0 Å². The first-order chi connectivity index (χ1) is 12.3. The zero-order valence-electron chi connectivity index (χ0n) is 14.4. The van der Waals surface area contributed by atoms with Gasteiger partial charge in [-0.3, -0.25) is 0 Å². The van der Waals surface area contributed by atoms with Gasteiger partial charge in [0.1, 0.15) is 5.75 Å². The fraction of sp³-hybridized carbons (Fsp3) is 0.375. The van der Waals surface area contributed by atoms with Crippen LogP contribution >= 0.6 is 0 Å². The van der Waals surface area contributed by atoms with Crippen molar-refractivity contribution in [2.24, 2.45) is 7.05 Å². The van der Waals surface area contributed by atoms with E-state index in [1.54, 1.807) is 30.9 Å². The minimum absolute atomic E-state index is 0.0436. The lowest BCUT2D eigenvalue weighted by Gasteiger charge is -2.18. The molecule has 26 heavy (non-hydrogen) atoms. The monoisotopic (exact) mass is 380 g/mol. The number of ether oxygens (including phenoxy) is 1. The molecule has 3 rings (SSSR count). The number of sulfonamides is 1. The molecule has 0 aliphatic carbocycles. The maximum absolute atomic E-state index is 12.8. The van der Waals surface area contributed by atoms with E-state index < -0.39 is 22.2 Å². The van der Waals surface area contributed by atoms with E-state index in [-0.39, 0.29) is 24.0 Å². The third kappa shape index (κ3) is 3.51. The summed E-state index contributed by atoms with van der Waals surface area (Å²) < 4.78 is 33.6. The molecule has 2 heterocycles. The van der Waals surface area contributed by atoms with E-state index in [2.05, 4.69) is 10.3 Å². The Morgan fingerprint density at radius 1 is 1.31 bits per heavy atom. The molecule has 0 saturated carbocycles. The molecular weight excluding hydrogens is 360 g/mol. The average molecular weight is 380 g/mol. The summed E-state index contributed by atoms with van der Waals surface area (Å²) in [6.45, 7) is 0.206. The van der Waals surface area contributed by atoms with Crippen molar-refractivity contribution in [1.29, 1.82) is 0 Å². The van der Waals surface area contributed by atoms with Crippen molar-refractivity contribution in [3.8, 4) is 5.75 Å². The summed E-state index contributed by atoms with van der Waals surface area (Å²) in [5, 5.41) is 11.5. The van der Waals surface area contributed by atoms with E-state index in [0.717, 1.165) is 5.56 Å². The highest BCUT2D eigenvalue weighted by Crippen LogP contribution is 2.32. The number of hydrogen-bond donors (Lipinski definition) is 2. The quantitative estimate of drug-likeness (QED) is 0.795. The summed E-state index contributed by atoms with van der Waals surface area (Å²) in [5.41, 5.74) is 0.836. The van der Waals surface area contributed by atoms with Crippen molar-refractivity contribution in [2.45, 2.75) is 17.0 Å². The average Bonchev–Trinajstić information content (AvgIpc) is 3.22. The Balaban J connectivity index is 1.89. The Bertz CT molecular complexity index is 894. The normalized spacial score (nSPS) is 20.8. The largest absolute Gasteiger partial charge is 0.497 e. The first-order valence-electron chi connectivity index (χ1n) is 7.93. The highest BCUT2D eigenvalue weighted by atomic mass is 32.2. The van der Waals surface area contributed by atoms with Crippen molar-refractivity contribution < 1.29 is 23.1 Å². The highest BCUT2D eigenvalue weighted by molar-refractivity contribution is 7.89. The van der Waals surface area contributed by atoms with Crippen LogP contribution in [0.5, 0.6) is 5.75 Å². The number of carboxylic acid groups (broad SMARTS) is 1. The number of nitrogens with one attached hydrogen (secondary N) is 1. The van der Waals surface area contributed by atoms with E-state index in [1.807, 2.05) is 12.1 Å². The van der Waals surface area contributed by atoms with Crippen molar-refractivity contribution >= 4 is 16.1 Å². The van der Waals surface area contributed by atoms with Crippen molar-refractivity contribution in [1.82, 2.24) is 19.2 Å². The molecule has 1 aliphatic rings. The number of methoxy groups -OCH3 is 1. The number of hydrogen-bond acceptors (Lipinski definition) is 5. The minimum atomic E-state index is -3.80. The molecule has 140 valence electrons. The molecule has 1 fully saturated rings. The van der Waals surface area contributed by atoms with Crippen LogP contribution in [0.15, 0.2) is 41.8 Å². The molecular formula is C16H20N4O5S. The zero-order valence-corrected chi connectivity index (χ0v) is 15.2. The van der Waals surface area contributed by atoms with E-state index >= 15 is 0 Å². The van der Waals surface area contributed by atoms with Gasteiger partial charge < -0.3 is 19.7 Å². The summed E-state index contributed by atoms with van der Waals surface area (Å²) in [5.74, 6) is 0.364. The number of imidazole rings is 1. The molecule has 1 aromatic heterocycles. The molecule has 2 atom stereocenters. The maximum atomic E-state index is 12.8. The predicted octanol–water partition coefficient (Wildman–Crippen LogP) is 0.853. The number of aryl methyl sites for hydroxylation is 1. The number of benzene rings is 1. The maximum Gasteiger partial charge on any atom is 0.404 e. The second-order valence-corrected chi connectivity index (χ2v) is 8.02. The number of nitrogens with zero attached hydrogens (tertiary/aromatic N) is 3. The number of rotatable bonds is 5. The van der Waals surface area contributed by atoms with Crippen molar-refractivity contribution in [3.63, 3.8) is 0 Å². The van der Waals surface area contributed by atoms with Crippen molar-refractivity contribution in [2.75, 3.05) is 20.2 Å². The van der Waals surface area contributed by atoms with Gasteiger partial charge >= 0.3 is 6.09 Å². The molecule has 1 amide bonds. The van der Waals surface area contributed by atoms with Crippen LogP contribution in [0.4, 0.5) is 4.79 Å². The molecule has 9 nitrogen and oxygen atoms in total. The minimum Gasteiger partial charge on any atom is -0.497 e. The van der Waals surface area contributed by atoms with Gasteiger partial charge in [0.2, 0.25) is 0 Å². The third-order valence-corrected chi connectivity index (χ3v) is 6.14. The van der Waals surface area contributed by atoms with E-state index in [4.69, 9.17) is 9.84 Å². The number of carbonyl (C=O) groups is 1. The molecule has 0 spiro atoms. The van der Waals surface area contributed by atoms with Crippen LogP contribution in [0.1, 0.15) is 11.5 Å². The summed E-state index contributed by atoms with van der Waals surface area (Å²) in [7, 11) is -0.555. The summed E-state index contributed by atoms with van der Waals surface area (Å²) in [4.78, 5) is 15.1. The van der Waals surface area contributed by atoms with E-state index in [0.29, 0.717) is 5.75 Å². The zero-order chi connectivity index (χ0) is 18.9. The number of amides is 1. The molecule has 1 saturated heterocycles. The van der Waals surface area contributed by atoms with Crippen LogP contribution < -0.4 is 10.1 Å². The van der Waals surface area contributed by atoms with E-state index in [1.165, 1.54) is 16.8 Å². The SMILES string of the molecule is COc1ccc([C@@H]2CN(S(=O)(=O)c3cn(C)cn3)C[C@H]2NC(=O)O)cc1. The third-order valence-electron chi connectivity index (χ3n) is 4.42. The fourth-order valence-electron chi connectivity index (χ4n) is 3.11. The molecule has 1 aromatic carbocycles. The smallest absolute Gasteiger partial charge is 0.404 e. The molecule has 2 N–H and O–H groups in total. The van der Waals surface area contributed by atoms with Gasteiger partial charge in [-0.25, -0.2) is 18.2 Å². The lowest BCUT2D eigenvalue weighted by atomic mass is 9.94. The molecule has 0 radical (unpaired) electrons. The van der Waals surface area contributed by atoms with Gasteiger partial charge in [-0.15, -0.1) is 0 Å². The first kappa shape index (κ1) is 18.2. The Hall–Kier alpha value is -2.59. The van der Waals surface area contributed by atoms with Crippen LogP contribution in [0.3, 0.4) is 0 Å². The molecule has 10 heteroatoms. The molecule has 1 aliphatic heterocycles. The first-order valence-corrected chi connectivity index (χ1v) is 9.37. The van der Waals surface area contributed by atoms with Gasteiger partial charge in [0.05, 0.1) is 19.5 Å². The van der Waals surface area contributed by atoms with Gasteiger partial charge in [0.15, 0.2) is 5.03 Å². The fourth-order valence-corrected chi connectivity index (χ4v) is 4.57. The Morgan fingerprint density at radius 2 is 2.00 bits per heavy atom. The second-order valence-electron chi connectivity index (χ2n) is 6.14. The lowest BCUT2D eigenvalue weighted by Crippen LogP contribution is -2.39. The summed E-state index contributed by atoms with van der Waals surface area (Å²) in [6, 6.07) is 6.61. The van der Waals surface area contributed by atoms with E-state index in [9.17, 15) is 13.2 Å². The van der Waals surface area contributed by atoms with Gasteiger partial charge in [-0.2, -0.15) is 4.31 Å². The van der Waals surface area contributed by atoms with Gasteiger partial charge in [-0.05, 0) is 17.7 Å². The second kappa shape index (κ2) is 6.96. The van der Waals surface area contributed by atoms with Crippen LogP contribution in [0, 0.1) is 0 Å². The standard InChI is InChI=1S/C16H20N4O5S/c1-19-9-15(17-10-19)26(23,24)20-7-13(14(8-20)18-16(21)22)11-3-5-12(25-2)6-4-11/h3-6,9-10,13-14,18H,7-8H2,1-2H3,(H,21,22)/t13-,14+/m0/s1. The van der Waals surface area contributed by atoms with Crippen LogP contribution in [0.2, 0.25) is 0 Å².